The van der Waals surface area contributed by atoms with E-state index in [1.807, 2.05) is 0 Å². The van der Waals surface area contributed by atoms with Crippen LogP contribution in [0.25, 0.3) is 0 Å². The molecule has 0 radical (unpaired) electrons. The summed E-state index contributed by atoms with van der Waals surface area (Å²) in [6.07, 6.45) is 2.56. The van der Waals surface area contributed by atoms with Gasteiger partial charge in [0.05, 0.1) is 10.8 Å². The molecule has 0 saturated carbocycles. The van der Waals surface area contributed by atoms with E-state index in [2.05, 4.69) is 15.2 Å². The summed E-state index contributed by atoms with van der Waals surface area (Å²) in [5.74, 6) is 0.0698. The quantitative estimate of drug-likeness (QED) is 0.607. The Morgan fingerprint density at radius 1 is 1.59 bits per heavy atom. The van der Waals surface area contributed by atoms with Gasteiger partial charge in [-0.3, -0.25) is 14.9 Å². The molecule has 1 atom stereocenters. The first-order chi connectivity index (χ1) is 10.5. The Kier molecular flexibility index (Phi) is 5.26. The molecule has 1 aliphatic rings. The maximum Gasteiger partial charge on any atom is 0.311 e. The van der Waals surface area contributed by atoms with Gasteiger partial charge in [-0.2, -0.15) is 0 Å². The second kappa shape index (κ2) is 7.17. The van der Waals surface area contributed by atoms with Crippen molar-refractivity contribution < 1.29 is 9.72 Å². The highest BCUT2D eigenvalue weighted by molar-refractivity contribution is 5.78. The van der Waals surface area contributed by atoms with E-state index in [0.29, 0.717) is 6.42 Å². The number of aromatic nitrogens is 1. The summed E-state index contributed by atoms with van der Waals surface area (Å²) in [5.41, 5.74) is 6.15. The number of nitrogen functional groups attached to an aromatic ring is 1. The van der Waals surface area contributed by atoms with Crippen LogP contribution in [-0.2, 0) is 11.2 Å². The van der Waals surface area contributed by atoms with Crippen molar-refractivity contribution in [2.75, 3.05) is 32.4 Å². The lowest BCUT2D eigenvalue weighted by molar-refractivity contribution is -0.384. The fraction of sp³-hybridized carbons (Fsp3) is 0.571. The molecule has 1 aromatic rings. The van der Waals surface area contributed by atoms with Gasteiger partial charge in [0, 0.05) is 38.3 Å². The van der Waals surface area contributed by atoms with Gasteiger partial charge in [0.15, 0.2) is 0 Å². The number of piperidine rings is 1. The standard InChI is InChI=1S/C14H21N5O3/c1-16-14(20)10-3-2-7-18(9-10)8-6-11-4-5-12(19(21)22)13(15)17-11/h4-5,10H,2-3,6-9H2,1H3,(H2,15,17)(H,16,20)/t10-/m1/s1. The van der Waals surface area contributed by atoms with Crippen molar-refractivity contribution >= 4 is 17.4 Å². The minimum atomic E-state index is -0.537. The van der Waals surface area contributed by atoms with Gasteiger partial charge in [0.25, 0.3) is 0 Å². The monoisotopic (exact) mass is 307 g/mol. The molecule has 1 aromatic heterocycles. The normalized spacial score (nSPS) is 18.9. The van der Waals surface area contributed by atoms with Crippen LogP contribution in [0.2, 0.25) is 0 Å². The van der Waals surface area contributed by atoms with Crippen molar-refractivity contribution in [2.45, 2.75) is 19.3 Å². The third-order valence-corrected chi connectivity index (χ3v) is 3.96. The third-order valence-electron chi connectivity index (χ3n) is 3.96. The minimum absolute atomic E-state index is 0.0358. The number of amides is 1. The second-order valence-electron chi connectivity index (χ2n) is 5.47. The van der Waals surface area contributed by atoms with Crippen LogP contribution >= 0.6 is 0 Å². The number of hydrogen-bond donors (Lipinski definition) is 2. The number of nitrogens with one attached hydrogen (secondary N) is 1. The number of likely N-dealkylation sites (tertiary alicyclic amines) is 1. The largest absolute Gasteiger partial charge is 0.378 e. The SMILES string of the molecule is CNC(=O)[C@@H]1CCCN(CCc2ccc([N+](=O)[O-])c(N)n2)C1. The highest BCUT2D eigenvalue weighted by Crippen LogP contribution is 2.20. The van der Waals surface area contributed by atoms with Gasteiger partial charge in [-0.25, -0.2) is 4.98 Å². The molecule has 3 N–H and O–H groups in total. The van der Waals surface area contributed by atoms with Crippen molar-refractivity contribution in [1.82, 2.24) is 15.2 Å². The molecule has 0 unspecified atom stereocenters. The fourth-order valence-electron chi connectivity index (χ4n) is 2.75. The molecule has 0 bridgehead atoms. The topological polar surface area (TPSA) is 114 Å². The van der Waals surface area contributed by atoms with Crippen molar-refractivity contribution in [3.05, 3.63) is 27.9 Å². The first-order valence-corrected chi connectivity index (χ1v) is 7.35. The molecule has 22 heavy (non-hydrogen) atoms. The van der Waals surface area contributed by atoms with E-state index < -0.39 is 4.92 Å². The zero-order valence-electron chi connectivity index (χ0n) is 12.6. The van der Waals surface area contributed by atoms with Crippen LogP contribution in [0.15, 0.2) is 12.1 Å². The van der Waals surface area contributed by atoms with Crippen LogP contribution in [0, 0.1) is 16.0 Å². The second-order valence-corrected chi connectivity index (χ2v) is 5.47. The molecule has 1 fully saturated rings. The molecule has 0 aliphatic carbocycles. The van der Waals surface area contributed by atoms with Crippen LogP contribution in [0.5, 0.6) is 0 Å². The molecule has 0 spiro atoms. The number of carbonyl (C=O) groups excluding carboxylic acids is 1. The molecule has 2 heterocycles. The average molecular weight is 307 g/mol. The van der Waals surface area contributed by atoms with Gasteiger partial charge in [0.2, 0.25) is 11.7 Å². The van der Waals surface area contributed by atoms with Gasteiger partial charge in [-0.05, 0) is 25.5 Å². The van der Waals surface area contributed by atoms with Crippen LogP contribution in [0.3, 0.4) is 0 Å². The number of hydrogen-bond acceptors (Lipinski definition) is 6. The van der Waals surface area contributed by atoms with E-state index in [4.69, 9.17) is 5.73 Å². The Balaban J connectivity index is 1.91. The van der Waals surface area contributed by atoms with Crippen LogP contribution in [0.1, 0.15) is 18.5 Å². The summed E-state index contributed by atoms with van der Waals surface area (Å²) in [4.78, 5) is 28.2. The smallest absolute Gasteiger partial charge is 0.311 e. The highest BCUT2D eigenvalue weighted by Gasteiger charge is 2.24. The lowest BCUT2D eigenvalue weighted by atomic mass is 9.97. The van der Waals surface area contributed by atoms with Gasteiger partial charge in [-0.1, -0.05) is 0 Å². The Hall–Kier alpha value is -2.22. The van der Waals surface area contributed by atoms with E-state index in [-0.39, 0.29) is 23.3 Å². The Morgan fingerprint density at radius 3 is 3.00 bits per heavy atom. The third kappa shape index (κ3) is 3.91. The first kappa shape index (κ1) is 16.2. The van der Waals surface area contributed by atoms with E-state index in [0.717, 1.165) is 38.2 Å². The summed E-state index contributed by atoms with van der Waals surface area (Å²) in [7, 11) is 1.66. The Bertz CT molecular complexity index is 563. The number of carbonyl (C=O) groups is 1. The maximum absolute atomic E-state index is 11.7. The van der Waals surface area contributed by atoms with Crippen LogP contribution in [-0.4, -0.2) is 47.4 Å². The Labute approximate surface area is 128 Å². The van der Waals surface area contributed by atoms with E-state index in [1.54, 1.807) is 13.1 Å². The summed E-state index contributed by atoms with van der Waals surface area (Å²) >= 11 is 0. The number of nitrogens with zero attached hydrogens (tertiary/aromatic N) is 3. The first-order valence-electron chi connectivity index (χ1n) is 7.35. The van der Waals surface area contributed by atoms with E-state index in [9.17, 15) is 14.9 Å². The molecule has 2 rings (SSSR count). The zero-order valence-corrected chi connectivity index (χ0v) is 12.6. The molecule has 8 heteroatoms. The van der Waals surface area contributed by atoms with Gasteiger partial charge in [0.1, 0.15) is 0 Å². The summed E-state index contributed by atoms with van der Waals surface area (Å²) < 4.78 is 0. The summed E-state index contributed by atoms with van der Waals surface area (Å²) in [5, 5.41) is 13.4. The lowest BCUT2D eigenvalue weighted by Gasteiger charge is -2.31. The maximum atomic E-state index is 11.7. The summed E-state index contributed by atoms with van der Waals surface area (Å²) in [6.45, 7) is 2.45. The summed E-state index contributed by atoms with van der Waals surface area (Å²) in [6, 6.07) is 3.02. The lowest BCUT2D eigenvalue weighted by Crippen LogP contribution is -2.42. The molecule has 8 nitrogen and oxygen atoms in total. The average Bonchev–Trinajstić information content (AvgIpc) is 2.52. The molecule has 1 saturated heterocycles. The van der Waals surface area contributed by atoms with Crippen LogP contribution < -0.4 is 11.1 Å². The molecule has 1 amide bonds. The fourth-order valence-corrected chi connectivity index (χ4v) is 2.75. The van der Waals surface area contributed by atoms with Gasteiger partial charge < -0.3 is 16.0 Å². The van der Waals surface area contributed by atoms with E-state index >= 15 is 0 Å². The number of nitrogens with two attached hydrogens (primary N) is 1. The predicted molar refractivity (Wildman–Crippen MR) is 82.2 cm³/mol. The van der Waals surface area contributed by atoms with Crippen LogP contribution in [0.4, 0.5) is 11.5 Å². The molecule has 120 valence electrons. The molecule has 1 aliphatic heterocycles. The number of pyridine rings is 1. The molecule has 0 aromatic carbocycles. The molecular formula is C14H21N5O3. The van der Waals surface area contributed by atoms with Crippen molar-refractivity contribution in [3.8, 4) is 0 Å². The van der Waals surface area contributed by atoms with Gasteiger partial charge >= 0.3 is 5.69 Å². The van der Waals surface area contributed by atoms with Crippen molar-refractivity contribution in [2.24, 2.45) is 5.92 Å². The van der Waals surface area contributed by atoms with Gasteiger partial charge in [-0.15, -0.1) is 0 Å². The number of rotatable bonds is 5. The Morgan fingerprint density at radius 2 is 2.36 bits per heavy atom. The number of anilines is 1. The van der Waals surface area contributed by atoms with E-state index in [1.165, 1.54) is 6.07 Å². The van der Waals surface area contributed by atoms with Crippen molar-refractivity contribution in [3.63, 3.8) is 0 Å². The predicted octanol–water partition coefficient (Wildman–Crippen LogP) is 0.572. The number of nitro groups is 1. The zero-order chi connectivity index (χ0) is 16.1. The molecular weight excluding hydrogens is 286 g/mol. The highest BCUT2D eigenvalue weighted by atomic mass is 16.6. The van der Waals surface area contributed by atoms with Crippen molar-refractivity contribution in [1.29, 1.82) is 0 Å². The minimum Gasteiger partial charge on any atom is -0.378 e.